The van der Waals surface area contributed by atoms with Gasteiger partial charge in [0.05, 0.1) is 12.1 Å². The van der Waals surface area contributed by atoms with E-state index in [0.717, 1.165) is 32.5 Å². The van der Waals surface area contributed by atoms with Gasteiger partial charge in [-0.15, -0.1) is 0 Å². The fourth-order valence-corrected chi connectivity index (χ4v) is 4.13. The molecule has 0 bridgehead atoms. The minimum Gasteiger partial charge on any atom is -0.324 e. The van der Waals surface area contributed by atoms with Gasteiger partial charge in [-0.3, -0.25) is 18.7 Å². The second kappa shape index (κ2) is 9.03. The molecule has 8 heteroatoms. The molecular weight excluding hydrogens is 440 g/mol. The molecule has 168 valence electrons. The summed E-state index contributed by atoms with van der Waals surface area (Å²) in [5.74, 6) is -0.367. The monoisotopic (exact) mass is 462 g/mol. The molecular formula is C25H23ClN4O3. The Hall–Kier alpha value is -3.71. The van der Waals surface area contributed by atoms with Crippen LogP contribution in [-0.4, -0.2) is 20.0 Å². The molecule has 7 nitrogen and oxygen atoms in total. The molecule has 1 amide bonds. The molecule has 2 aromatic heterocycles. The van der Waals surface area contributed by atoms with Crippen LogP contribution in [0.1, 0.15) is 22.3 Å². The quantitative estimate of drug-likeness (QED) is 0.488. The number of pyridine rings is 1. The molecule has 0 saturated heterocycles. The fraction of sp³-hybridized carbons (Fsp3) is 0.200. The van der Waals surface area contributed by atoms with E-state index in [1.807, 2.05) is 32.9 Å². The predicted octanol–water partition coefficient (Wildman–Crippen LogP) is 3.82. The van der Waals surface area contributed by atoms with E-state index in [1.54, 1.807) is 36.4 Å². The smallest absolute Gasteiger partial charge is 0.324 e. The number of benzene rings is 2. The van der Waals surface area contributed by atoms with E-state index in [1.165, 1.54) is 10.8 Å². The van der Waals surface area contributed by atoms with Crippen LogP contribution in [0.2, 0.25) is 5.02 Å². The molecule has 0 aliphatic heterocycles. The third-order valence-corrected chi connectivity index (χ3v) is 5.74. The highest BCUT2D eigenvalue weighted by Crippen LogP contribution is 2.22. The number of fused-ring (bicyclic) bond motifs is 1. The molecule has 33 heavy (non-hydrogen) atoms. The molecule has 0 fully saturated rings. The number of rotatable bonds is 5. The highest BCUT2D eigenvalue weighted by Gasteiger charge is 2.17. The summed E-state index contributed by atoms with van der Waals surface area (Å²) >= 11 is 5.95. The Morgan fingerprint density at radius 2 is 1.67 bits per heavy atom. The number of nitrogens with zero attached hydrogens (tertiary/aromatic N) is 3. The van der Waals surface area contributed by atoms with E-state index in [2.05, 4.69) is 10.3 Å². The summed E-state index contributed by atoms with van der Waals surface area (Å²) in [5, 5.41) is 3.47. The summed E-state index contributed by atoms with van der Waals surface area (Å²) in [5.41, 5.74) is 3.78. The molecule has 2 aromatic carbocycles. The lowest BCUT2D eigenvalue weighted by Gasteiger charge is -2.16. The molecule has 0 saturated carbocycles. The Labute approximate surface area is 195 Å². The van der Waals surface area contributed by atoms with Crippen molar-refractivity contribution in [1.82, 2.24) is 14.1 Å². The van der Waals surface area contributed by atoms with Gasteiger partial charge in [-0.2, -0.15) is 0 Å². The fourth-order valence-electron chi connectivity index (χ4n) is 4.01. The van der Waals surface area contributed by atoms with Crippen LogP contribution in [-0.2, 0) is 17.9 Å². The van der Waals surface area contributed by atoms with Crippen molar-refractivity contribution in [1.29, 1.82) is 0 Å². The molecule has 2 heterocycles. The Morgan fingerprint density at radius 1 is 1.00 bits per heavy atom. The molecule has 0 spiro atoms. The molecule has 1 N–H and O–H groups in total. The number of carbonyl (C=O) groups excluding carboxylic acids is 1. The first kappa shape index (κ1) is 22.5. The lowest BCUT2D eigenvalue weighted by atomic mass is 10.1. The first-order valence-electron chi connectivity index (χ1n) is 10.4. The summed E-state index contributed by atoms with van der Waals surface area (Å²) in [6, 6.07) is 14.1. The Morgan fingerprint density at radius 3 is 2.33 bits per heavy atom. The van der Waals surface area contributed by atoms with Crippen molar-refractivity contribution >= 4 is 34.2 Å². The Bertz CT molecular complexity index is 1460. The molecule has 0 aliphatic rings. The van der Waals surface area contributed by atoms with E-state index < -0.39 is 11.2 Å². The molecule has 0 unspecified atom stereocenters. The maximum Gasteiger partial charge on any atom is 0.332 e. The number of nitrogens with one attached hydrogen (secondary N) is 1. The van der Waals surface area contributed by atoms with Gasteiger partial charge in [-0.05, 0) is 61.7 Å². The van der Waals surface area contributed by atoms with Crippen molar-refractivity contribution < 1.29 is 4.79 Å². The summed E-state index contributed by atoms with van der Waals surface area (Å²) in [6.07, 6.45) is 1.49. The van der Waals surface area contributed by atoms with Gasteiger partial charge in [0.25, 0.3) is 5.56 Å². The molecule has 0 radical (unpaired) electrons. The van der Waals surface area contributed by atoms with Gasteiger partial charge in [0.2, 0.25) is 5.91 Å². The molecule has 0 aliphatic carbocycles. The third kappa shape index (κ3) is 4.59. The minimum absolute atomic E-state index is 0.0408. The number of aryl methyl sites for hydroxylation is 3. The molecule has 0 atom stereocenters. The maximum atomic E-state index is 13.3. The van der Waals surface area contributed by atoms with Crippen LogP contribution in [0.3, 0.4) is 0 Å². The van der Waals surface area contributed by atoms with Crippen LogP contribution < -0.4 is 16.6 Å². The number of hydrogen-bond donors (Lipinski definition) is 1. The third-order valence-electron chi connectivity index (χ3n) is 5.48. The van der Waals surface area contributed by atoms with Crippen molar-refractivity contribution in [2.75, 3.05) is 5.32 Å². The van der Waals surface area contributed by atoms with Gasteiger partial charge in [0.1, 0.15) is 6.54 Å². The van der Waals surface area contributed by atoms with Crippen LogP contribution in [0.4, 0.5) is 5.69 Å². The van der Waals surface area contributed by atoms with Crippen LogP contribution in [0.25, 0.3) is 11.0 Å². The van der Waals surface area contributed by atoms with Crippen molar-refractivity contribution in [3.05, 3.63) is 103 Å². The van der Waals surface area contributed by atoms with Crippen LogP contribution in [0, 0.1) is 20.8 Å². The SMILES string of the molecule is Cc1cc(C)c(NC(=O)Cn2c(=O)n(Cc3ccc(Cl)cc3)c(=O)c3ncccc32)c(C)c1. The topological polar surface area (TPSA) is 86.0 Å². The van der Waals surface area contributed by atoms with Gasteiger partial charge < -0.3 is 5.32 Å². The van der Waals surface area contributed by atoms with Gasteiger partial charge in [0, 0.05) is 16.9 Å². The summed E-state index contributed by atoms with van der Waals surface area (Å²) < 4.78 is 2.38. The highest BCUT2D eigenvalue weighted by atomic mass is 35.5. The van der Waals surface area contributed by atoms with Gasteiger partial charge in [-0.25, -0.2) is 9.78 Å². The average Bonchev–Trinajstić information content (AvgIpc) is 2.78. The normalized spacial score (nSPS) is 11.0. The zero-order chi connectivity index (χ0) is 23.7. The summed E-state index contributed by atoms with van der Waals surface area (Å²) in [4.78, 5) is 43.5. The first-order valence-corrected chi connectivity index (χ1v) is 10.8. The number of halogens is 1. The highest BCUT2D eigenvalue weighted by molar-refractivity contribution is 6.30. The van der Waals surface area contributed by atoms with E-state index in [-0.39, 0.29) is 24.5 Å². The summed E-state index contributed by atoms with van der Waals surface area (Å²) in [6.45, 7) is 5.63. The minimum atomic E-state index is -0.581. The summed E-state index contributed by atoms with van der Waals surface area (Å²) in [7, 11) is 0. The van der Waals surface area contributed by atoms with E-state index in [9.17, 15) is 14.4 Å². The van der Waals surface area contributed by atoms with Gasteiger partial charge >= 0.3 is 5.69 Å². The number of hydrogen-bond acceptors (Lipinski definition) is 4. The van der Waals surface area contributed by atoms with Crippen molar-refractivity contribution in [3.63, 3.8) is 0 Å². The van der Waals surface area contributed by atoms with Crippen LogP contribution >= 0.6 is 11.6 Å². The zero-order valence-corrected chi connectivity index (χ0v) is 19.3. The number of aromatic nitrogens is 3. The zero-order valence-electron chi connectivity index (χ0n) is 18.6. The predicted molar refractivity (Wildman–Crippen MR) is 130 cm³/mol. The number of carbonyl (C=O) groups is 1. The lowest BCUT2D eigenvalue weighted by Crippen LogP contribution is -2.42. The number of anilines is 1. The van der Waals surface area contributed by atoms with Gasteiger partial charge in [0.15, 0.2) is 5.52 Å². The Kier molecular flexibility index (Phi) is 6.16. The molecule has 4 rings (SSSR count). The second-order valence-corrected chi connectivity index (χ2v) is 8.52. The maximum absolute atomic E-state index is 13.3. The lowest BCUT2D eigenvalue weighted by molar-refractivity contribution is -0.116. The van der Waals surface area contributed by atoms with Crippen molar-refractivity contribution in [2.45, 2.75) is 33.9 Å². The largest absolute Gasteiger partial charge is 0.332 e. The van der Waals surface area contributed by atoms with Crippen LogP contribution in [0.5, 0.6) is 0 Å². The average molecular weight is 463 g/mol. The standard InChI is InChI=1S/C25H23ClN4O3/c1-15-11-16(2)22(17(3)12-15)28-21(31)14-29-20-5-4-10-27-23(20)24(32)30(25(29)33)13-18-6-8-19(26)9-7-18/h4-12H,13-14H2,1-3H3,(H,28,31). The first-order chi connectivity index (χ1) is 15.7. The number of amides is 1. The van der Waals surface area contributed by atoms with Crippen molar-refractivity contribution in [2.24, 2.45) is 0 Å². The van der Waals surface area contributed by atoms with Gasteiger partial charge in [-0.1, -0.05) is 41.4 Å². The van der Waals surface area contributed by atoms with E-state index in [4.69, 9.17) is 11.6 Å². The second-order valence-electron chi connectivity index (χ2n) is 8.08. The van der Waals surface area contributed by atoms with Crippen LogP contribution in [0.15, 0.2) is 64.3 Å². The molecule has 4 aromatic rings. The van der Waals surface area contributed by atoms with Crippen molar-refractivity contribution in [3.8, 4) is 0 Å². The van der Waals surface area contributed by atoms with E-state index >= 15 is 0 Å². The Balaban J connectivity index is 1.75. The van der Waals surface area contributed by atoms with E-state index in [0.29, 0.717) is 10.5 Å².